The molecule has 2 nitrogen and oxygen atoms in total. The summed E-state index contributed by atoms with van der Waals surface area (Å²) >= 11 is 7.50. The van der Waals surface area contributed by atoms with E-state index in [1.165, 1.54) is 17.4 Å². The van der Waals surface area contributed by atoms with Crippen molar-refractivity contribution in [3.63, 3.8) is 0 Å². The molecule has 3 aromatic rings. The van der Waals surface area contributed by atoms with Crippen LogP contribution < -0.4 is 10.1 Å². The van der Waals surface area contributed by atoms with Gasteiger partial charge in [-0.25, -0.2) is 4.39 Å². The van der Waals surface area contributed by atoms with E-state index in [-0.39, 0.29) is 24.3 Å². The van der Waals surface area contributed by atoms with Gasteiger partial charge in [0.15, 0.2) is 0 Å². The normalized spacial score (nSPS) is 12.0. The summed E-state index contributed by atoms with van der Waals surface area (Å²) in [6.07, 6.45) is 0.719. The van der Waals surface area contributed by atoms with Crippen LogP contribution in [0.3, 0.4) is 0 Å². The standard InChI is InChI=1S/C18H17ClFNOS.ClH/c1-21-10-9-15(12-5-3-2-4-6-12)22-16-8-7-14(20)17-13(19)11-23-18(16)17;/h2-8,11,15,21H,9-10H2,1H3;1H/t15-;/m1./s1. The van der Waals surface area contributed by atoms with E-state index in [4.69, 9.17) is 16.3 Å². The van der Waals surface area contributed by atoms with Crippen LogP contribution in [0.5, 0.6) is 5.75 Å². The van der Waals surface area contributed by atoms with Crippen LogP contribution in [0.4, 0.5) is 4.39 Å². The molecular weight excluding hydrogens is 368 g/mol. The molecule has 0 radical (unpaired) electrons. The number of thiophene rings is 1. The minimum atomic E-state index is -0.315. The Hall–Kier alpha value is -1.33. The quantitative estimate of drug-likeness (QED) is 0.574. The van der Waals surface area contributed by atoms with Crippen LogP contribution in [0.25, 0.3) is 10.1 Å². The molecule has 0 aliphatic rings. The third-order valence-electron chi connectivity index (χ3n) is 3.69. The Kier molecular flexibility index (Phi) is 6.87. The lowest BCUT2D eigenvalue weighted by Gasteiger charge is -2.20. The fraction of sp³-hybridized carbons (Fsp3) is 0.222. The molecule has 0 unspecified atom stereocenters. The number of ether oxygens (including phenoxy) is 1. The Morgan fingerprint density at radius 2 is 1.96 bits per heavy atom. The van der Waals surface area contributed by atoms with E-state index in [2.05, 4.69) is 5.32 Å². The number of hydrogen-bond donors (Lipinski definition) is 1. The van der Waals surface area contributed by atoms with Gasteiger partial charge in [-0.2, -0.15) is 0 Å². The smallest absolute Gasteiger partial charge is 0.138 e. The average Bonchev–Trinajstić information content (AvgIpc) is 2.97. The molecule has 0 bridgehead atoms. The molecule has 1 N–H and O–H groups in total. The Morgan fingerprint density at radius 3 is 2.67 bits per heavy atom. The molecule has 0 saturated carbocycles. The van der Waals surface area contributed by atoms with Crippen molar-refractivity contribution in [2.75, 3.05) is 13.6 Å². The molecule has 1 heterocycles. The minimum Gasteiger partial charge on any atom is -0.484 e. The van der Waals surface area contributed by atoms with Crippen LogP contribution in [0.2, 0.25) is 5.02 Å². The highest BCUT2D eigenvalue weighted by molar-refractivity contribution is 7.18. The fourth-order valence-corrected chi connectivity index (χ4v) is 3.80. The lowest BCUT2D eigenvalue weighted by Crippen LogP contribution is -2.16. The lowest BCUT2D eigenvalue weighted by atomic mass is 10.1. The van der Waals surface area contributed by atoms with Gasteiger partial charge in [-0.3, -0.25) is 0 Å². The first-order valence-electron chi connectivity index (χ1n) is 7.42. The number of halogens is 3. The second-order valence-corrected chi connectivity index (χ2v) is 6.53. The summed E-state index contributed by atoms with van der Waals surface area (Å²) in [5.74, 6) is 0.355. The van der Waals surface area contributed by atoms with Gasteiger partial charge < -0.3 is 10.1 Å². The molecule has 0 aliphatic heterocycles. The van der Waals surface area contributed by atoms with Gasteiger partial charge in [0.05, 0.1) is 15.1 Å². The van der Waals surface area contributed by atoms with Crippen LogP contribution in [-0.2, 0) is 0 Å². The maximum absolute atomic E-state index is 14.0. The van der Waals surface area contributed by atoms with E-state index in [1.54, 1.807) is 11.4 Å². The Bertz CT molecular complexity index is 794. The molecule has 3 rings (SSSR count). The van der Waals surface area contributed by atoms with Crippen molar-refractivity contribution < 1.29 is 9.13 Å². The van der Waals surface area contributed by atoms with Gasteiger partial charge in [-0.15, -0.1) is 23.7 Å². The van der Waals surface area contributed by atoms with Crippen molar-refractivity contribution in [2.45, 2.75) is 12.5 Å². The summed E-state index contributed by atoms with van der Waals surface area (Å²) in [6.45, 7) is 0.828. The molecule has 1 aromatic heterocycles. The van der Waals surface area contributed by atoms with Crippen LogP contribution in [0, 0.1) is 5.82 Å². The average molecular weight is 386 g/mol. The Balaban J connectivity index is 0.00000208. The summed E-state index contributed by atoms with van der Waals surface area (Å²) in [4.78, 5) is 0. The van der Waals surface area contributed by atoms with Gasteiger partial charge in [-0.1, -0.05) is 41.9 Å². The number of nitrogens with one attached hydrogen (secondary N) is 1. The second kappa shape index (κ2) is 8.67. The van der Waals surface area contributed by atoms with E-state index in [9.17, 15) is 4.39 Å². The first-order valence-corrected chi connectivity index (χ1v) is 8.68. The number of fused-ring (bicyclic) bond motifs is 1. The largest absolute Gasteiger partial charge is 0.484 e. The molecule has 0 amide bonds. The fourth-order valence-electron chi connectivity index (χ4n) is 2.53. The van der Waals surface area contributed by atoms with E-state index < -0.39 is 0 Å². The third-order valence-corrected chi connectivity index (χ3v) is 5.11. The predicted octanol–water partition coefficient (Wildman–Crippen LogP) is 5.85. The van der Waals surface area contributed by atoms with Gasteiger partial charge in [0.25, 0.3) is 0 Å². The highest BCUT2D eigenvalue weighted by Gasteiger charge is 2.17. The lowest BCUT2D eigenvalue weighted by molar-refractivity contribution is 0.198. The molecule has 0 saturated heterocycles. The van der Waals surface area contributed by atoms with Crippen LogP contribution in [-0.4, -0.2) is 13.6 Å². The van der Waals surface area contributed by atoms with Crippen LogP contribution in [0.15, 0.2) is 47.8 Å². The summed E-state index contributed by atoms with van der Waals surface area (Å²) in [5, 5.41) is 5.76. The van der Waals surface area contributed by atoms with Crippen molar-refractivity contribution >= 4 is 45.4 Å². The Morgan fingerprint density at radius 1 is 1.21 bits per heavy atom. The monoisotopic (exact) mass is 385 g/mol. The molecular formula is C18H18Cl2FNOS. The Labute approximate surface area is 156 Å². The molecule has 0 fully saturated rings. The number of hydrogen-bond acceptors (Lipinski definition) is 3. The molecule has 128 valence electrons. The van der Waals surface area contributed by atoms with Gasteiger partial charge in [0, 0.05) is 11.8 Å². The van der Waals surface area contributed by atoms with Crippen molar-refractivity contribution in [1.29, 1.82) is 0 Å². The van der Waals surface area contributed by atoms with Gasteiger partial charge >= 0.3 is 0 Å². The molecule has 2 aromatic carbocycles. The van der Waals surface area contributed by atoms with Crippen LogP contribution in [0.1, 0.15) is 18.1 Å². The number of rotatable bonds is 6. The van der Waals surface area contributed by atoms with Crippen molar-refractivity contribution in [2.24, 2.45) is 0 Å². The summed E-state index contributed by atoms with van der Waals surface area (Å²) in [7, 11) is 1.91. The zero-order valence-electron chi connectivity index (χ0n) is 13.1. The second-order valence-electron chi connectivity index (χ2n) is 5.24. The maximum Gasteiger partial charge on any atom is 0.138 e. The molecule has 24 heavy (non-hydrogen) atoms. The van der Waals surface area contributed by atoms with Crippen molar-refractivity contribution in [3.05, 3.63) is 64.2 Å². The first-order chi connectivity index (χ1) is 11.2. The van der Waals surface area contributed by atoms with Crippen LogP contribution >= 0.6 is 35.3 Å². The molecule has 1 atom stereocenters. The molecule has 0 aliphatic carbocycles. The van der Waals surface area contributed by atoms with Gasteiger partial charge in [0.2, 0.25) is 0 Å². The van der Waals surface area contributed by atoms with Gasteiger partial charge in [-0.05, 0) is 31.3 Å². The van der Waals surface area contributed by atoms with E-state index in [0.29, 0.717) is 16.2 Å². The van der Waals surface area contributed by atoms with Crippen molar-refractivity contribution in [1.82, 2.24) is 5.32 Å². The van der Waals surface area contributed by atoms with E-state index >= 15 is 0 Å². The van der Waals surface area contributed by atoms with Crippen molar-refractivity contribution in [3.8, 4) is 5.75 Å². The zero-order chi connectivity index (χ0) is 16.2. The molecule has 0 spiro atoms. The highest BCUT2D eigenvalue weighted by Crippen LogP contribution is 2.40. The topological polar surface area (TPSA) is 21.3 Å². The first kappa shape index (κ1) is 19.0. The van der Waals surface area contributed by atoms with Gasteiger partial charge in [0.1, 0.15) is 17.7 Å². The summed E-state index contributed by atoms with van der Waals surface area (Å²) < 4.78 is 21.0. The third kappa shape index (κ3) is 4.01. The minimum absolute atomic E-state index is 0. The zero-order valence-corrected chi connectivity index (χ0v) is 15.5. The van der Waals surface area contributed by atoms with E-state index in [0.717, 1.165) is 23.2 Å². The number of benzene rings is 2. The molecule has 6 heteroatoms. The highest BCUT2D eigenvalue weighted by atomic mass is 35.5. The SMILES string of the molecule is CNCC[C@@H](Oc1ccc(F)c2c(Cl)csc12)c1ccccc1.Cl. The predicted molar refractivity (Wildman–Crippen MR) is 102 cm³/mol. The summed E-state index contributed by atoms with van der Waals surface area (Å²) in [6, 6.07) is 13.1. The maximum atomic E-state index is 14.0. The summed E-state index contributed by atoms with van der Waals surface area (Å²) in [5.41, 5.74) is 1.10. The van der Waals surface area contributed by atoms with E-state index in [1.807, 2.05) is 37.4 Å².